The van der Waals surface area contributed by atoms with Gasteiger partial charge in [-0.05, 0) is 44.4 Å². The van der Waals surface area contributed by atoms with Crippen LogP contribution in [0.15, 0.2) is 36.0 Å². The van der Waals surface area contributed by atoms with Gasteiger partial charge in [0.2, 0.25) is 5.91 Å². The number of carbonyl (C=O) groups is 1. The Kier molecular flexibility index (Phi) is 7.60. The van der Waals surface area contributed by atoms with E-state index < -0.39 is 0 Å². The molecule has 3 unspecified atom stereocenters. The number of hydrogen-bond acceptors (Lipinski definition) is 2. The van der Waals surface area contributed by atoms with Gasteiger partial charge in [0, 0.05) is 6.54 Å². The second-order valence-electron chi connectivity index (χ2n) is 6.90. The summed E-state index contributed by atoms with van der Waals surface area (Å²) in [5.74, 6) is 0.772. The molecule has 23 heavy (non-hydrogen) atoms. The number of allylic oxidation sites excluding steroid dienone is 4. The molecule has 128 valence electrons. The number of unbranched alkanes of at least 4 members (excludes halogenated alkanes) is 3. The van der Waals surface area contributed by atoms with Crippen molar-refractivity contribution in [2.75, 3.05) is 6.54 Å². The van der Waals surface area contributed by atoms with Crippen molar-refractivity contribution in [3.8, 4) is 0 Å². The lowest BCUT2D eigenvalue weighted by Crippen LogP contribution is -2.32. The van der Waals surface area contributed by atoms with E-state index in [9.17, 15) is 9.90 Å². The summed E-state index contributed by atoms with van der Waals surface area (Å²) in [7, 11) is 0. The molecule has 3 atom stereocenters. The molecule has 0 aliphatic heterocycles. The summed E-state index contributed by atoms with van der Waals surface area (Å²) in [6.07, 6.45) is 18.5. The molecule has 0 aromatic heterocycles. The van der Waals surface area contributed by atoms with Gasteiger partial charge in [0.05, 0.1) is 12.0 Å². The molecule has 0 radical (unpaired) electrons. The van der Waals surface area contributed by atoms with E-state index in [4.69, 9.17) is 0 Å². The average molecular weight is 317 g/mol. The molecular weight excluding hydrogens is 286 g/mol. The van der Waals surface area contributed by atoms with E-state index in [-0.39, 0.29) is 17.9 Å². The third-order valence-electron chi connectivity index (χ3n) is 4.94. The fourth-order valence-electron chi connectivity index (χ4n) is 3.29. The summed E-state index contributed by atoms with van der Waals surface area (Å²) in [5.41, 5.74) is 1.59. The van der Waals surface area contributed by atoms with Crippen LogP contribution in [-0.2, 0) is 4.79 Å². The van der Waals surface area contributed by atoms with Crippen LogP contribution >= 0.6 is 0 Å². The molecule has 0 aromatic carbocycles. The van der Waals surface area contributed by atoms with Gasteiger partial charge in [0.25, 0.3) is 0 Å². The highest BCUT2D eigenvalue weighted by molar-refractivity contribution is 5.80. The molecule has 0 saturated heterocycles. The summed E-state index contributed by atoms with van der Waals surface area (Å²) >= 11 is 0. The zero-order valence-electron chi connectivity index (χ0n) is 14.3. The maximum Gasteiger partial charge on any atom is 0.226 e. The van der Waals surface area contributed by atoms with Gasteiger partial charge in [-0.1, -0.05) is 55.7 Å². The first-order chi connectivity index (χ1) is 11.2. The molecular formula is C20H31NO2. The maximum atomic E-state index is 12.0. The van der Waals surface area contributed by atoms with Crippen molar-refractivity contribution in [1.29, 1.82) is 0 Å². The number of hydrogen-bond donors (Lipinski definition) is 2. The van der Waals surface area contributed by atoms with Gasteiger partial charge in [-0.25, -0.2) is 0 Å². The number of aliphatic hydroxyl groups is 1. The molecule has 3 nitrogen and oxygen atoms in total. The molecule has 1 amide bonds. The zero-order chi connectivity index (χ0) is 16.5. The van der Waals surface area contributed by atoms with Crippen molar-refractivity contribution >= 4 is 5.91 Å². The summed E-state index contributed by atoms with van der Waals surface area (Å²) in [4.78, 5) is 12.0. The monoisotopic (exact) mass is 317 g/mol. The highest BCUT2D eigenvalue weighted by Crippen LogP contribution is 2.24. The van der Waals surface area contributed by atoms with Gasteiger partial charge in [0.15, 0.2) is 0 Å². The molecule has 2 rings (SSSR count). The minimum atomic E-state index is -0.364. The Morgan fingerprint density at radius 3 is 2.78 bits per heavy atom. The Morgan fingerprint density at radius 2 is 2.04 bits per heavy atom. The van der Waals surface area contributed by atoms with Crippen molar-refractivity contribution in [2.45, 2.75) is 64.4 Å². The Balaban J connectivity index is 1.49. The average Bonchev–Trinajstić information content (AvgIpc) is 2.56. The SMILES string of the molecule is CC1CC=CC=C1CCCCCCNC(=O)C1C=CC(O)CC1. The van der Waals surface area contributed by atoms with Crippen LogP contribution < -0.4 is 5.32 Å². The minimum Gasteiger partial charge on any atom is -0.389 e. The smallest absolute Gasteiger partial charge is 0.226 e. The second kappa shape index (κ2) is 9.71. The van der Waals surface area contributed by atoms with Crippen molar-refractivity contribution in [2.24, 2.45) is 11.8 Å². The van der Waals surface area contributed by atoms with E-state index in [1.807, 2.05) is 6.08 Å². The van der Waals surface area contributed by atoms with Gasteiger partial charge in [-0.15, -0.1) is 0 Å². The number of rotatable bonds is 8. The molecule has 3 heteroatoms. The van der Waals surface area contributed by atoms with E-state index in [0.29, 0.717) is 12.3 Å². The molecule has 0 saturated carbocycles. The van der Waals surface area contributed by atoms with Gasteiger partial charge >= 0.3 is 0 Å². The lowest BCUT2D eigenvalue weighted by molar-refractivity contribution is -0.124. The van der Waals surface area contributed by atoms with Gasteiger partial charge in [-0.2, -0.15) is 0 Å². The van der Waals surface area contributed by atoms with E-state index >= 15 is 0 Å². The standard InChI is InChI=1S/C20H31NO2/c1-16-8-5-6-10-17(16)9-4-2-3-7-15-21-20(23)18-11-13-19(22)14-12-18/h5-6,10-11,13,16,18-19,22H,2-4,7-9,12,14-15H2,1H3,(H,21,23). The summed E-state index contributed by atoms with van der Waals surface area (Å²) in [6, 6.07) is 0. The molecule has 2 aliphatic carbocycles. The lowest BCUT2D eigenvalue weighted by atomic mass is 9.89. The zero-order valence-corrected chi connectivity index (χ0v) is 14.3. The van der Waals surface area contributed by atoms with E-state index in [1.165, 1.54) is 32.1 Å². The van der Waals surface area contributed by atoms with Crippen LogP contribution in [0.25, 0.3) is 0 Å². The van der Waals surface area contributed by atoms with Gasteiger partial charge in [0.1, 0.15) is 0 Å². The van der Waals surface area contributed by atoms with Crippen LogP contribution in [-0.4, -0.2) is 23.7 Å². The molecule has 0 spiro atoms. The highest BCUT2D eigenvalue weighted by Gasteiger charge is 2.19. The largest absolute Gasteiger partial charge is 0.389 e. The van der Waals surface area contributed by atoms with Crippen molar-refractivity contribution in [3.05, 3.63) is 36.0 Å². The topological polar surface area (TPSA) is 49.3 Å². The molecule has 2 aliphatic rings. The number of nitrogens with one attached hydrogen (secondary N) is 1. The predicted molar refractivity (Wildman–Crippen MR) is 95.0 cm³/mol. The number of carbonyl (C=O) groups excluding carboxylic acids is 1. The van der Waals surface area contributed by atoms with Crippen LogP contribution in [0.2, 0.25) is 0 Å². The minimum absolute atomic E-state index is 0.0498. The fraction of sp³-hybridized carbons (Fsp3) is 0.650. The number of aliphatic hydroxyl groups excluding tert-OH is 1. The molecule has 0 fully saturated rings. The molecule has 2 N–H and O–H groups in total. The highest BCUT2D eigenvalue weighted by atomic mass is 16.3. The quantitative estimate of drug-likeness (QED) is 0.527. The number of amides is 1. The first-order valence-corrected chi connectivity index (χ1v) is 9.16. The van der Waals surface area contributed by atoms with Crippen molar-refractivity contribution in [3.63, 3.8) is 0 Å². The van der Waals surface area contributed by atoms with Crippen molar-refractivity contribution < 1.29 is 9.90 Å². The molecule has 0 bridgehead atoms. The Labute approximate surface area is 140 Å². The predicted octanol–water partition coefficient (Wildman–Crippen LogP) is 3.90. The molecule has 0 aromatic rings. The van der Waals surface area contributed by atoms with E-state index in [1.54, 1.807) is 11.6 Å². The van der Waals surface area contributed by atoms with Crippen molar-refractivity contribution in [1.82, 2.24) is 5.32 Å². The van der Waals surface area contributed by atoms with Crippen LogP contribution in [0.5, 0.6) is 0 Å². The maximum absolute atomic E-state index is 12.0. The first kappa shape index (κ1) is 18.0. The van der Waals surface area contributed by atoms with Gasteiger partial charge < -0.3 is 10.4 Å². The third-order valence-corrected chi connectivity index (χ3v) is 4.94. The third kappa shape index (κ3) is 6.34. The van der Waals surface area contributed by atoms with Crippen LogP contribution in [0.3, 0.4) is 0 Å². The second-order valence-corrected chi connectivity index (χ2v) is 6.90. The Bertz CT molecular complexity index is 464. The molecule has 0 heterocycles. The summed E-state index contributed by atoms with van der Waals surface area (Å²) < 4.78 is 0. The Morgan fingerprint density at radius 1 is 1.22 bits per heavy atom. The summed E-state index contributed by atoms with van der Waals surface area (Å²) in [6.45, 7) is 3.08. The fourth-order valence-corrected chi connectivity index (χ4v) is 3.29. The van der Waals surface area contributed by atoms with Gasteiger partial charge in [-0.3, -0.25) is 4.79 Å². The normalized spacial score (nSPS) is 26.9. The first-order valence-electron chi connectivity index (χ1n) is 9.16. The van der Waals surface area contributed by atoms with Crippen LogP contribution in [0, 0.1) is 11.8 Å². The van der Waals surface area contributed by atoms with Crippen LogP contribution in [0.4, 0.5) is 0 Å². The lowest BCUT2D eigenvalue weighted by Gasteiger charge is -2.19. The van der Waals surface area contributed by atoms with E-state index in [2.05, 4.69) is 30.5 Å². The summed E-state index contributed by atoms with van der Waals surface area (Å²) in [5, 5.41) is 12.4. The van der Waals surface area contributed by atoms with Crippen LogP contribution in [0.1, 0.15) is 58.3 Å². The Hall–Kier alpha value is -1.35. The van der Waals surface area contributed by atoms with E-state index in [0.717, 1.165) is 19.4 Å².